The maximum Gasteiger partial charge on any atom is 0.117 e. The number of rotatable bonds is 2. The first-order valence-electron chi connectivity index (χ1n) is 4.36. The summed E-state index contributed by atoms with van der Waals surface area (Å²) in [5.74, 6) is 0.503. The smallest absolute Gasteiger partial charge is 0.117 e. The summed E-state index contributed by atoms with van der Waals surface area (Å²) in [5.41, 5.74) is 0.459. The van der Waals surface area contributed by atoms with Crippen molar-refractivity contribution in [1.29, 1.82) is 0 Å². The van der Waals surface area contributed by atoms with Gasteiger partial charge >= 0.3 is 0 Å². The van der Waals surface area contributed by atoms with E-state index < -0.39 is 10.0 Å². The van der Waals surface area contributed by atoms with E-state index in [-0.39, 0.29) is 6.10 Å². The number of halogens is 1. The largest absolute Gasteiger partial charge is 0.377 e. The van der Waals surface area contributed by atoms with Crippen molar-refractivity contribution in [1.82, 2.24) is 0 Å². The zero-order valence-electron chi connectivity index (χ0n) is 6.92. The molecular weight excluding hydrogens is 196 g/mol. The Hall–Kier alpha value is 0.400. The van der Waals surface area contributed by atoms with Crippen LogP contribution in [0.5, 0.6) is 0 Å². The summed E-state index contributed by atoms with van der Waals surface area (Å²) < 4.78 is 16.3. The Balaban J connectivity index is 1.85. The monoisotopic (exact) mass is 208 g/mol. The summed E-state index contributed by atoms with van der Waals surface area (Å²) in [4.78, 5) is 0. The second kappa shape index (κ2) is 3.28. The van der Waals surface area contributed by atoms with Gasteiger partial charge in [-0.1, -0.05) is 6.42 Å². The summed E-state index contributed by atoms with van der Waals surface area (Å²) in [7, 11) is 4.19. The third kappa shape index (κ3) is 1.68. The predicted octanol–water partition coefficient (Wildman–Crippen LogP) is 1.85. The van der Waals surface area contributed by atoms with Gasteiger partial charge < -0.3 is 4.74 Å². The van der Waals surface area contributed by atoms with Gasteiger partial charge in [0.05, 0.1) is 18.5 Å². The van der Waals surface area contributed by atoms with Crippen LogP contribution in [0.1, 0.15) is 25.7 Å². The number of ether oxygens (including phenoxy) is 1. The number of hydrogen-bond donors (Lipinski definition) is 0. The fourth-order valence-electron chi connectivity index (χ4n) is 2.17. The summed E-state index contributed by atoms with van der Waals surface area (Å²) in [6, 6.07) is 0. The lowest BCUT2D eigenvalue weighted by atomic mass is 9.68. The summed E-state index contributed by atoms with van der Waals surface area (Å²) in [6.45, 7) is 0.867. The minimum Gasteiger partial charge on any atom is -0.377 e. The first-order valence-corrected chi connectivity index (χ1v) is 6.51. The van der Waals surface area contributed by atoms with Crippen molar-refractivity contribution < 1.29 is 8.95 Å². The third-order valence-corrected chi connectivity index (χ3v) is 4.03. The minimum absolute atomic E-state index is 0.156. The van der Waals surface area contributed by atoms with E-state index in [1.54, 1.807) is 0 Å². The van der Waals surface area contributed by atoms with E-state index in [4.69, 9.17) is 15.4 Å². The fraction of sp³-hybridized carbons (Fsp3) is 1.00. The molecule has 1 saturated heterocycles. The average Bonchev–Trinajstić information content (AvgIpc) is 2.29. The molecule has 1 saturated carbocycles. The molecule has 1 spiro atoms. The second-order valence-electron chi connectivity index (χ2n) is 3.95. The van der Waals surface area contributed by atoms with Gasteiger partial charge in [-0.15, -0.1) is 0 Å². The quantitative estimate of drug-likeness (QED) is 0.648. The molecule has 0 amide bonds. The molecule has 1 heterocycles. The summed E-state index contributed by atoms with van der Waals surface area (Å²) in [6.07, 6.45) is 5.14. The molecule has 12 heavy (non-hydrogen) atoms. The average molecular weight is 209 g/mol. The van der Waals surface area contributed by atoms with Crippen LogP contribution in [0.25, 0.3) is 0 Å². The van der Waals surface area contributed by atoms with Crippen LogP contribution in [0.15, 0.2) is 0 Å². The van der Waals surface area contributed by atoms with Crippen LogP contribution in [0.4, 0.5) is 0 Å². The van der Waals surface area contributed by atoms with Crippen LogP contribution < -0.4 is 0 Å². The van der Waals surface area contributed by atoms with Gasteiger partial charge in [-0.25, -0.2) is 4.21 Å². The van der Waals surface area contributed by atoms with Crippen molar-refractivity contribution in [2.45, 2.75) is 31.8 Å². The van der Waals surface area contributed by atoms with Gasteiger partial charge in [0, 0.05) is 0 Å². The highest BCUT2D eigenvalue weighted by molar-refractivity contribution is 8.08. The van der Waals surface area contributed by atoms with E-state index in [0.717, 1.165) is 13.0 Å². The molecule has 1 aliphatic carbocycles. The zero-order chi connectivity index (χ0) is 8.60. The van der Waals surface area contributed by atoms with Crippen LogP contribution >= 0.6 is 10.7 Å². The highest BCUT2D eigenvalue weighted by Gasteiger charge is 2.44. The molecule has 0 bridgehead atoms. The standard InChI is InChI=1S/C8H13ClO2S/c9-12(10)5-7-4-8(6-11-7)2-1-3-8/h7H,1-6H2. The normalized spacial score (nSPS) is 34.9. The van der Waals surface area contributed by atoms with Gasteiger partial charge in [-0.05, 0) is 35.4 Å². The number of hydrogen-bond acceptors (Lipinski definition) is 2. The topological polar surface area (TPSA) is 26.3 Å². The molecule has 2 rings (SSSR count). The van der Waals surface area contributed by atoms with Crippen molar-refractivity contribution in [3.8, 4) is 0 Å². The van der Waals surface area contributed by atoms with E-state index in [2.05, 4.69) is 0 Å². The summed E-state index contributed by atoms with van der Waals surface area (Å²) in [5, 5.41) is 0. The van der Waals surface area contributed by atoms with Crippen LogP contribution in [-0.4, -0.2) is 22.7 Å². The molecule has 2 aliphatic rings. The van der Waals surface area contributed by atoms with E-state index in [0.29, 0.717) is 11.2 Å². The lowest BCUT2D eigenvalue weighted by molar-refractivity contribution is 0.0753. The molecule has 0 aromatic rings. The van der Waals surface area contributed by atoms with E-state index in [1.165, 1.54) is 19.3 Å². The van der Waals surface area contributed by atoms with E-state index in [1.807, 2.05) is 0 Å². The minimum atomic E-state index is -1.22. The van der Waals surface area contributed by atoms with Gasteiger partial charge in [0.25, 0.3) is 0 Å². The van der Waals surface area contributed by atoms with Crippen LogP contribution in [0, 0.1) is 5.41 Å². The summed E-state index contributed by atoms with van der Waals surface area (Å²) >= 11 is 0. The fourth-order valence-corrected chi connectivity index (χ4v) is 3.10. The molecule has 0 aromatic carbocycles. The molecule has 1 aliphatic heterocycles. The maximum absolute atomic E-state index is 10.7. The Morgan fingerprint density at radius 3 is 2.75 bits per heavy atom. The van der Waals surface area contributed by atoms with E-state index in [9.17, 15) is 4.21 Å². The predicted molar refractivity (Wildman–Crippen MR) is 49.5 cm³/mol. The maximum atomic E-state index is 10.7. The molecule has 0 aromatic heterocycles. The van der Waals surface area contributed by atoms with Gasteiger partial charge in [0.2, 0.25) is 0 Å². The molecule has 2 unspecified atom stereocenters. The lowest BCUT2D eigenvalue weighted by Gasteiger charge is -2.36. The Morgan fingerprint density at radius 1 is 1.58 bits per heavy atom. The van der Waals surface area contributed by atoms with Crippen molar-refractivity contribution in [2.75, 3.05) is 12.4 Å². The van der Waals surface area contributed by atoms with Gasteiger partial charge in [-0.2, -0.15) is 0 Å². The molecule has 2 fully saturated rings. The Bertz CT molecular complexity index is 203. The van der Waals surface area contributed by atoms with Gasteiger partial charge in [0.1, 0.15) is 10.0 Å². The van der Waals surface area contributed by atoms with Crippen molar-refractivity contribution in [3.63, 3.8) is 0 Å². The molecule has 2 atom stereocenters. The Morgan fingerprint density at radius 2 is 2.33 bits per heavy atom. The van der Waals surface area contributed by atoms with Gasteiger partial charge in [0.15, 0.2) is 0 Å². The molecule has 4 heteroatoms. The van der Waals surface area contributed by atoms with Crippen LogP contribution in [-0.2, 0) is 14.7 Å². The molecule has 0 N–H and O–H groups in total. The van der Waals surface area contributed by atoms with Crippen LogP contribution in [0.3, 0.4) is 0 Å². The van der Waals surface area contributed by atoms with Crippen molar-refractivity contribution in [2.24, 2.45) is 5.41 Å². The third-order valence-electron chi connectivity index (χ3n) is 3.02. The Labute approximate surface area is 79.6 Å². The lowest BCUT2D eigenvalue weighted by Crippen LogP contribution is -2.29. The molecule has 70 valence electrons. The second-order valence-corrected chi connectivity index (χ2v) is 5.89. The highest BCUT2D eigenvalue weighted by atomic mass is 35.7. The van der Waals surface area contributed by atoms with Gasteiger partial charge in [-0.3, -0.25) is 0 Å². The Kier molecular flexibility index (Phi) is 2.45. The zero-order valence-corrected chi connectivity index (χ0v) is 8.50. The van der Waals surface area contributed by atoms with E-state index >= 15 is 0 Å². The van der Waals surface area contributed by atoms with Crippen LogP contribution in [0.2, 0.25) is 0 Å². The SMILES string of the molecule is O=S(Cl)CC1CC2(CCC2)CO1. The van der Waals surface area contributed by atoms with Crippen molar-refractivity contribution >= 4 is 20.7 Å². The molecular formula is C8H13ClO2S. The van der Waals surface area contributed by atoms with Crippen molar-refractivity contribution in [3.05, 3.63) is 0 Å². The first-order chi connectivity index (χ1) is 5.70. The first kappa shape index (κ1) is 8.97. The molecule has 2 nitrogen and oxygen atoms in total. The highest BCUT2D eigenvalue weighted by Crippen LogP contribution is 2.49. The molecule has 0 radical (unpaired) electrons.